The molecule has 4 aliphatic rings. The highest BCUT2D eigenvalue weighted by atomic mass is 16.3. The zero-order valence-electron chi connectivity index (χ0n) is 20.2. The summed E-state index contributed by atoms with van der Waals surface area (Å²) in [7, 11) is 0. The van der Waals surface area contributed by atoms with Crippen molar-refractivity contribution in [1.82, 2.24) is 0 Å². The van der Waals surface area contributed by atoms with Crippen molar-refractivity contribution in [3.05, 3.63) is 11.6 Å². The minimum absolute atomic E-state index is 0.0471. The van der Waals surface area contributed by atoms with Gasteiger partial charge in [-0.3, -0.25) is 4.79 Å². The zero-order chi connectivity index (χ0) is 22.8. The van der Waals surface area contributed by atoms with Gasteiger partial charge in [0.25, 0.3) is 0 Å². The van der Waals surface area contributed by atoms with Gasteiger partial charge < -0.3 is 15.3 Å². The van der Waals surface area contributed by atoms with Crippen molar-refractivity contribution in [3.8, 4) is 0 Å². The Morgan fingerprint density at radius 3 is 2.58 bits per heavy atom. The van der Waals surface area contributed by atoms with E-state index in [1.807, 2.05) is 0 Å². The molecule has 3 saturated carbocycles. The van der Waals surface area contributed by atoms with Crippen molar-refractivity contribution >= 4 is 5.78 Å². The summed E-state index contributed by atoms with van der Waals surface area (Å²) in [4.78, 5) is 12.3. The van der Waals surface area contributed by atoms with Crippen molar-refractivity contribution in [1.29, 1.82) is 0 Å². The summed E-state index contributed by atoms with van der Waals surface area (Å²) in [6.45, 7) is 10.3. The summed E-state index contributed by atoms with van der Waals surface area (Å²) < 4.78 is 0. The highest BCUT2D eigenvalue weighted by molar-refractivity contribution is 5.86. The molecule has 176 valence electrons. The number of Topliss-reactive ketones (excluding diaryl/α,β-unsaturated/α-hetero) is 1. The molecular formula is C27H44O4. The first-order valence-corrected chi connectivity index (χ1v) is 12.7. The van der Waals surface area contributed by atoms with Crippen LogP contribution in [0.5, 0.6) is 0 Å². The van der Waals surface area contributed by atoms with Gasteiger partial charge in [0, 0.05) is 18.3 Å². The van der Waals surface area contributed by atoms with Gasteiger partial charge in [0.1, 0.15) is 5.60 Å². The molecule has 9 atom stereocenters. The third-order valence-corrected chi connectivity index (χ3v) is 10.4. The lowest BCUT2D eigenvalue weighted by atomic mass is 9.46. The van der Waals surface area contributed by atoms with Crippen LogP contribution in [0.1, 0.15) is 92.4 Å². The molecule has 0 bridgehead atoms. The number of hydrogen-bond acceptors (Lipinski definition) is 4. The summed E-state index contributed by atoms with van der Waals surface area (Å²) in [6, 6.07) is 0. The molecule has 31 heavy (non-hydrogen) atoms. The molecule has 0 spiro atoms. The second-order valence-electron chi connectivity index (χ2n) is 12.5. The third kappa shape index (κ3) is 3.75. The van der Waals surface area contributed by atoms with Gasteiger partial charge in [-0.25, -0.2) is 0 Å². The standard InChI is InChI=1S/C27H44O4/c1-16(6-11-23(29)25(2,3)31)20-9-10-21-19-8-7-17-14-18(28)15-24(30)27(17,5)22(19)12-13-26(20,21)4/h7,16,18-22,24,28,30-31H,6,8-15H2,1-5H3/t16-,18?,19+,20-,21+,22+,24+,26-,27+/m1/s1. The van der Waals surface area contributed by atoms with E-state index in [0.717, 1.165) is 25.7 Å². The monoisotopic (exact) mass is 432 g/mol. The molecule has 0 saturated heterocycles. The Hall–Kier alpha value is -0.710. The molecule has 0 amide bonds. The van der Waals surface area contributed by atoms with Gasteiger partial charge in [0.15, 0.2) is 5.78 Å². The van der Waals surface area contributed by atoms with Gasteiger partial charge in [-0.05, 0) is 93.8 Å². The quantitative estimate of drug-likeness (QED) is 0.553. The first kappa shape index (κ1) is 23.4. The summed E-state index contributed by atoms with van der Waals surface area (Å²) in [5.74, 6) is 2.88. The molecular weight excluding hydrogens is 388 g/mol. The Bertz CT molecular complexity index is 736. The molecule has 0 aromatic heterocycles. The van der Waals surface area contributed by atoms with Gasteiger partial charge >= 0.3 is 0 Å². The van der Waals surface area contributed by atoms with Gasteiger partial charge in [0.2, 0.25) is 0 Å². The van der Waals surface area contributed by atoms with Crippen LogP contribution in [0, 0.1) is 40.4 Å². The fourth-order valence-electron chi connectivity index (χ4n) is 8.54. The van der Waals surface area contributed by atoms with Crippen molar-refractivity contribution in [2.45, 2.75) is 110 Å². The summed E-state index contributed by atoms with van der Waals surface area (Å²) in [5, 5.41) is 31.3. The van der Waals surface area contributed by atoms with Crippen molar-refractivity contribution < 1.29 is 20.1 Å². The van der Waals surface area contributed by atoms with E-state index in [1.165, 1.54) is 24.8 Å². The lowest BCUT2D eigenvalue weighted by Gasteiger charge is -2.59. The van der Waals surface area contributed by atoms with Crippen molar-refractivity contribution in [2.75, 3.05) is 0 Å². The largest absolute Gasteiger partial charge is 0.393 e. The maximum atomic E-state index is 12.3. The van der Waals surface area contributed by atoms with Crippen LogP contribution in [0.4, 0.5) is 0 Å². The van der Waals surface area contributed by atoms with E-state index < -0.39 is 17.8 Å². The number of allylic oxidation sites excluding steroid dienone is 1. The summed E-state index contributed by atoms with van der Waals surface area (Å²) in [5.41, 5.74) is 0.207. The van der Waals surface area contributed by atoms with Crippen LogP contribution in [0.3, 0.4) is 0 Å². The number of ketones is 1. The minimum Gasteiger partial charge on any atom is -0.393 e. The number of carbonyl (C=O) groups is 1. The Labute approximate surface area is 188 Å². The van der Waals surface area contributed by atoms with E-state index in [-0.39, 0.29) is 11.2 Å². The fraction of sp³-hybridized carbons (Fsp3) is 0.889. The van der Waals surface area contributed by atoms with E-state index in [1.54, 1.807) is 13.8 Å². The molecule has 4 heteroatoms. The molecule has 4 nitrogen and oxygen atoms in total. The topological polar surface area (TPSA) is 77.8 Å². The van der Waals surface area contributed by atoms with E-state index in [9.17, 15) is 20.1 Å². The lowest BCUT2D eigenvalue weighted by molar-refractivity contribution is -0.134. The molecule has 4 rings (SSSR count). The fourth-order valence-corrected chi connectivity index (χ4v) is 8.54. The number of carbonyl (C=O) groups excluding carboxylic acids is 1. The number of hydrogen-bond donors (Lipinski definition) is 3. The van der Waals surface area contributed by atoms with E-state index in [2.05, 4.69) is 26.8 Å². The van der Waals surface area contributed by atoms with Gasteiger partial charge in [-0.15, -0.1) is 0 Å². The van der Waals surface area contributed by atoms with Crippen LogP contribution in [0.15, 0.2) is 11.6 Å². The number of rotatable bonds is 5. The summed E-state index contributed by atoms with van der Waals surface area (Å²) >= 11 is 0. The van der Waals surface area contributed by atoms with Crippen LogP contribution in [-0.2, 0) is 4.79 Å². The predicted molar refractivity (Wildman–Crippen MR) is 122 cm³/mol. The lowest BCUT2D eigenvalue weighted by Crippen LogP contribution is -2.55. The molecule has 4 aliphatic carbocycles. The average Bonchev–Trinajstić information content (AvgIpc) is 3.03. The molecule has 1 unspecified atom stereocenters. The summed E-state index contributed by atoms with van der Waals surface area (Å²) in [6.07, 6.45) is 10.0. The highest BCUT2D eigenvalue weighted by Crippen LogP contribution is 2.67. The Balaban J connectivity index is 1.51. The second-order valence-corrected chi connectivity index (χ2v) is 12.5. The van der Waals surface area contributed by atoms with Gasteiger partial charge in [-0.1, -0.05) is 32.4 Å². The molecule has 0 aromatic rings. The van der Waals surface area contributed by atoms with E-state index in [4.69, 9.17) is 0 Å². The molecule has 3 fully saturated rings. The third-order valence-electron chi connectivity index (χ3n) is 10.4. The van der Waals surface area contributed by atoms with Crippen LogP contribution >= 0.6 is 0 Å². The Kier molecular flexibility index (Phi) is 6.02. The number of aliphatic hydroxyl groups is 3. The molecule has 0 heterocycles. The SMILES string of the molecule is C[C@H](CCC(=O)C(C)(C)O)[C@H]1CC[C@H]2[C@@H]3CC=C4CC(O)C[C@H](O)[C@]4(C)[C@H]3CC[C@]12C. The van der Waals surface area contributed by atoms with Crippen LogP contribution < -0.4 is 0 Å². The van der Waals surface area contributed by atoms with Gasteiger partial charge in [0.05, 0.1) is 12.2 Å². The van der Waals surface area contributed by atoms with Crippen LogP contribution in [-0.4, -0.2) is 38.9 Å². The molecule has 3 N–H and O–H groups in total. The number of fused-ring (bicyclic) bond motifs is 5. The van der Waals surface area contributed by atoms with E-state index in [0.29, 0.717) is 47.8 Å². The first-order chi connectivity index (χ1) is 14.4. The number of aliphatic hydroxyl groups excluding tert-OH is 2. The Morgan fingerprint density at radius 1 is 1.19 bits per heavy atom. The second kappa shape index (κ2) is 7.95. The maximum absolute atomic E-state index is 12.3. The average molecular weight is 433 g/mol. The maximum Gasteiger partial charge on any atom is 0.163 e. The first-order valence-electron chi connectivity index (χ1n) is 12.7. The van der Waals surface area contributed by atoms with Crippen molar-refractivity contribution in [3.63, 3.8) is 0 Å². The van der Waals surface area contributed by atoms with Crippen LogP contribution in [0.2, 0.25) is 0 Å². The Morgan fingerprint density at radius 2 is 1.90 bits per heavy atom. The van der Waals surface area contributed by atoms with E-state index >= 15 is 0 Å². The molecule has 0 aliphatic heterocycles. The molecule has 0 aromatic carbocycles. The van der Waals surface area contributed by atoms with Gasteiger partial charge in [-0.2, -0.15) is 0 Å². The predicted octanol–water partition coefficient (Wildman–Crippen LogP) is 4.65. The van der Waals surface area contributed by atoms with Crippen LogP contribution in [0.25, 0.3) is 0 Å². The normalized spacial score (nSPS) is 45.9. The minimum atomic E-state index is -1.23. The highest BCUT2D eigenvalue weighted by Gasteiger charge is 2.60. The molecule has 0 radical (unpaired) electrons. The zero-order valence-corrected chi connectivity index (χ0v) is 20.2. The van der Waals surface area contributed by atoms with Crippen molar-refractivity contribution in [2.24, 2.45) is 40.4 Å². The smallest absolute Gasteiger partial charge is 0.163 e.